The number of rotatable bonds is 5. The third-order valence-electron chi connectivity index (χ3n) is 2.98. The number of nitrogens with one attached hydrogen (secondary N) is 1. The molecule has 1 unspecified atom stereocenters. The first-order valence-corrected chi connectivity index (χ1v) is 6.39. The summed E-state index contributed by atoms with van der Waals surface area (Å²) in [6.07, 6.45) is 2.54. The number of fused-ring (bicyclic) bond motifs is 1. The molecular formula is C13H15BrN2O2. The number of hydrogen-bond donors (Lipinski definition) is 1. The van der Waals surface area contributed by atoms with Crippen LogP contribution < -0.4 is 0 Å². The van der Waals surface area contributed by atoms with Crippen LogP contribution in [0.15, 0.2) is 30.5 Å². The van der Waals surface area contributed by atoms with Crippen LogP contribution in [0.4, 0.5) is 0 Å². The second kappa shape index (κ2) is 5.65. The molecule has 1 aromatic carbocycles. The van der Waals surface area contributed by atoms with Crippen LogP contribution in [0.1, 0.15) is 12.5 Å². The molecule has 1 heterocycles. The smallest absolute Gasteiger partial charge is 0.150 e. The van der Waals surface area contributed by atoms with Crippen LogP contribution >= 0.6 is 16.1 Å². The number of nitrogens with zero attached hydrogens (tertiary/aromatic N) is 1. The molecule has 0 saturated carbocycles. The van der Waals surface area contributed by atoms with Gasteiger partial charge in [0.2, 0.25) is 0 Å². The summed E-state index contributed by atoms with van der Waals surface area (Å²) >= 11 is 3.23. The topological polar surface area (TPSA) is 45.3 Å². The quantitative estimate of drug-likeness (QED) is 0.682. The van der Waals surface area contributed by atoms with E-state index in [1.807, 2.05) is 30.5 Å². The molecule has 2 aromatic rings. The normalized spacial score (nSPS) is 13.1. The maximum absolute atomic E-state index is 11.6. The molecule has 2 rings (SSSR count). The van der Waals surface area contributed by atoms with Gasteiger partial charge in [-0.2, -0.15) is 0 Å². The molecule has 0 radical (unpaired) electrons. The first-order chi connectivity index (χ1) is 8.63. The van der Waals surface area contributed by atoms with Gasteiger partial charge in [-0.3, -0.25) is 9.63 Å². The number of ketones is 1. The Morgan fingerprint density at radius 1 is 1.50 bits per heavy atom. The summed E-state index contributed by atoms with van der Waals surface area (Å²) in [5, 5.41) is 1.14. The van der Waals surface area contributed by atoms with Gasteiger partial charge < -0.3 is 4.98 Å². The highest BCUT2D eigenvalue weighted by atomic mass is 79.9. The van der Waals surface area contributed by atoms with Gasteiger partial charge in [-0.1, -0.05) is 18.2 Å². The van der Waals surface area contributed by atoms with Crippen molar-refractivity contribution in [3.8, 4) is 0 Å². The van der Waals surface area contributed by atoms with Crippen molar-refractivity contribution in [1.82, 2.24) is 9.07 Å². The third-order valence-corrected chi connectivity index (χ3v) is 3.76. The van der Waals surface area contributed by atoms with E-state index in [9.17, 15) is 4.79 Å². The molecule has 0 aliphatic rings. The van der Waals surface area contributed by atoms with Crippen LogP contribution in [0.3, 0.4) is 0 Å². The van der Waals surface area contributed by atoms with Crippen molar-refractivity contribution in [1.29, 1.82) is 0 Å². The highest BCUT2D eigenvalue weighted by Crippen LogP contribution is 2.21. The minimum atomic E-state index is -0.339. The SMILES string of the molecule is CON(Br)C(Cc1c[nH]c2ccccc12)C(C)=O. The molecule has 1 atom stereocenters. The highest BCUT2D eigenvalue weighted by Gasteiger charge is 2.23. The number of Topliss-reactive ketones (excluding diaryl/α,β-unsaturated/α-hetero) is 1. The van der Waals surface area contributed by atoms with E-state index in [-0.39, 0.29) is 11.8 Å². The van der Waals surface area contributed by atoms with Crippen LogP contribution in [0.2, 0.25) is 0 Å². The molecule has 1 N–H and O–H groups in total. The van der Waals surface area contributed by atoms with Crippen LogP contribution in [0, 0.1) is 0 Å². The van der Waals surface area contributed by atoms with Crippen molar-refractivity contribution in [3.63, 3.8) is 0 Å². The zero-order valence-corrected chi connectivity index (χ0v) is 11.9. The fraction of sp³-hybridized carbons (Fsp3) is 0.308. The Kier molecular flexibility index (Phi) is 4.16. The Balaban J connectivity index is 2.29. The summed E-state index contributed by atoms with van der Waals surface area (Å²) in [6, 6.07) is 7.70. The van der Waals surface area contributed by atoms with E-state index in [0.29, 0.717) is 6.42 Å². The van der Waals surface area contributed by atoms with Crippen molar-refractivity contribution >= 4 is 32.8 Å². The van der Waals surface area contributed by atoms with Gasteiger partial charge in [-0.05, 0) is 18.6 Å². The van der Waals surface area contributed by atoms with Crippen LogP contribution in [-0.2, 0) is 16.1 Å². The van der Waals surface area contributed by atoms with E-state index < -0.39 is 0 Å². The summed E-state index contributed by atoms with van der Waals surface area (Å²) in [7, 11) is 1.53. The molecular weight excluding hydrogens is 296 g/mol. The molecule has 0 spiro atoms. The highest BCUT2D eigenvalue weighted by molar-refractivity contribution is 9.07. The fourth-order valence-corrected chi connectivity index (χ4v) is 2.43. The molecule has 0 aliphatic heterocycles. The van der Waals surface area contributed by atoms with Crippen molar-refractivity contribution in [3.05, 3.63) is 36.0 Å². The second-order valence-corrected chi connectivity index (χ2v) is 4.84. The molecule has 18 heavy (non-hydrogen) atoms. The minimum absolute atomic E-state index is 0.0546. The molecule has 0 fully saturated rings. The van der Waals surface area contributed by atoms with Gasteiger partial charge in [-0.25, -0.2) is 0 Å². The third kappa shape index (κ3) is 2.63. The van der Waals surface area contributed by atoms with E-state index in [0.717, 1.165) is 16.5 Å². The number of hydrogen-bond acceptors (Lipinski definition) is 3. The van der Waals surface area contributed by atoms with Crippen molar-refractivity contribution < 1.29 is 9.63 Å². The van der Waals surface area contributed by atoms with E-state index in [4.69, 9.17) is 4.84 Å². The lowest BCUT2D eigenvalue weighted by Crippen LogP contribution is -2.34. The van der Waals surface area contributed by atoms with Crippen molar-refractivity contribution in [2.75, 3.05) is 7.11 Å². The summed E-state index contributed by atoms with van der Waals surface area (Å²) in [5.41, 5.74) is 2.18. The minimum Gasteiger partial charge on any atom is -0.361 e. The van der Waals surface area contributed by atoms with Crippen molar-refractivity contribution in [2.24, 2.45) is 0 Å². The first-order valence-electron chi connectivity index (χ1n) is 5.68. The van der Waals surface area contributed by atoms with Crippen LogP contribution in [0.25, 0.3) is 10.9 Å². The van der Waals surface area contributed by atoms with Gasteiger partial charge >= 0.3 is 0 Å². The molecule has 0 aliphatic carbocycles. The number of benzene rings is 1. The lowest BCUT2D eigenvalue weighted by atomic mass is 10.0. The summed E-state index contributed by atoms with van der Waals surface area (Å²) in [5.74, 6) is 0.0546. The van der Waals surface area contributed by atoms with Crippen LogP contribution in [0.5, 0.6) is 0 Å². The predicted octanol–water partition coefficient (Wildman–Crippen LogP) is 2.84. The average molecular weight is 311 g/mol. The van der Waals surface area contributed by atoms with Crippen LogP contribution in [-0.4, -0.2) is 28.0 Å². The monoisotopic (exact) mass is 310 g/mol. The number of aromatic nitrogens is 1. The zero-order valence-electron chi connectivity index (χ0n) is 10.3. The second-order valence-electron chi connectivity index (χ2n) is 4.14. The number of halogens is 1. The number of aromatic amines is 1. The van der Waals surface area contributed by atoms with Gasteiger partial charge in [0.1, 0.15) is 6.04 Å². The van der Waals surface area contributed by atoms with Gasteiger partial charge in [0.05, 0.1) is 7.11 Å². The molecule has 0 saturated heterocycles. The fourth-order valence-electron chi connectivity index (χ4n) is 1.99. The zero-order chi connectivity index (χ0) is 13.1. The number of carbonyl (C=O) groups is 1. The Bertz CT molecular complexity index is 553. The number of hydroxylamine groups is 1. The summed E-state index contributed by atoms with van der Waals surface area (Å²) in [6.45, 7) is 1.56. The maximum Gasteiger partial charge on any atom is 0.150 e. The predicted molar refractivity (Wildman–Crippen MR) is 74.2 cm³/mol. The molecule has 1 aromatic heterocycles. The molecule has 0 amide bonds. The van der Waals surface area contributed by atoms with Gasteiger partial charge in [0, 0.05) is 39.7 Å². The summed E-state index contributed by atoms with van der Waals surface area (Å²) in [4.78, 5) is 19.9. The van der Waals surface area contributed by atoms with E-state index in [1.54, 1.807) is 6.92 Å². The van der Waals surface area contributed by atoms with E-state index in [2.05, 4.69) is 21.1 Å². The number of H-pyrrole nitrogens is 1. The Hall–Kier alpha value is -1.17. The molecule has 5 heteroatoms. The standard InChI is InChI=1S/C13H15BrN2O2/c1-9(17)13(16(14)18-2)7-10-8-15-12-6-4-3-5-11(10)12/h3-6,8,13,15H,7H2,1-2H3. The lowest BCUT2D eigenvalue weighted by molar-refractivity contribution is -0.132. The summed E-state index contributed by atoms with van der Waals surface area (Å²) < 4.78 is 1.41. The van der Waals surface area contributed by atoms with Gasteiger partial charge in [0.25, 0.3) is 0 Å². The lowest BCUT2D eigenvalue weighted by Gasteiger charge is -2.20. The van der Waals surface area contributed by atoms with E-state index in [1.165, 1.54) is 11.2 Å². The first kappa shape index (κ1) is 13.3. The Morgan fingerprint density at radius 3 is 2.89 bits per heavy atom. The molecule has 96 valence electrons. The average Bonchev–Trinajstić information content (AvgIpc) is 2.78. The molecule has 0 bridgehead atoms. The number of para-hydroxylation sites is 1. The van der Waals surface area contributed by atoms with Gasteiger partial charge in [-0.15, -0.1) is 4.09 Å². The number of carbonyl (C=O) groups excluding carboxylic acids is 1. The van der Waals surface area contributed by atoms with E-state index >= 15 is 0 Å². The Morgan fingerprint density at radius 2 is 2.22 bits per heavy atom. The maximum atomic E-state index is 11.6. The Labute approximate surface area is 114 Å². The largest absolute Gasteiger partial charge is 0.361 e. The van der Waals surface area contributed by atoms with Crippen molar-refractivity contribution in [2.45, 2.75) is 19.4 Å². The molecule has 4 nitrogen and oxygen atoms in total. The van der Waals surface area contributed by atoms with Gasteiger partial charge in [0.15, 0.2) is 5.78 Å².